The molecule has 3 N–H and O–H groups in total. The van der Waals surface area contributed by atoms with E-state index in [2.05, 4.69) is 21.3 Å². The smallest absolute Gasteiger partial charge is 0.298 e. The Hall–Kier alpha value is -0.920. The Morgan fingerprint density at radius 1 is 1.35 bits per heavy atom. The van der Waals surface area contributed by atoms with Crippen LogP contribution in [0.4, 0.5) is 0 Å². The second-order valence-corrected chi connectivity index (χ2v) is 8.17. The topological polar surface area (TPSA) is 87.3 Å². The molecule has 2 atom stereocenters. The minimum Gasteiger partial charge on any atom is -0.298 e. The van der Waals surface area contributed by atoms with E-state index in [0.717, 1.165) is 12.8 Å². The maximum absolute atomic E-state index is 12.4. The SMILES string of the molecule is C=C[C@@H]1C[C@]1(NC(C)(C)C)C(=O)NS(=O)(=O)NC1CC1. The molecule has 0 aromatic rings. The van der Waals surface area contributed by atoms with Gasteiger partial charge in [-0.15, -0.1) is 6.58 Å². The lowest BCUT2D eigenvalue weighted by atomic mass is 10.0. The molecule has 0 radical (unpaired) electrons. The second-order valence-electron chi connectivity index (χ2n) is 6.72. The van der Waals surface area contributed by atoms with Gasteiger partial charge in [0, 0.05) is 17.5 Å². The highest BCUT2D eigenvalue weighted by atomic mass is 32.2. The molecule has 2 aliphatic rings. The zero-order valence-electron chi connectivity index (χ0n) is 12.2. The van der Waals surface area contributed by atoms with Crippen molar-refractivity contribution in [3.63, 3.8) is 0 Å². The van der Waals surface area contributed by atoms with Crippen molar-refractivity contribution in [1.29, 1.82) is 0 Å². The monoisotopic (exact) mass is 301 g/mol. The molecular weight excluding hydrogens is 278 g/mol. The zero-order chi connectivity index (χ0) is 15.2. The molecule has 0 bridgehead atoms. The van der Waals surface area contributed by atoms with Gasteiger partial charge in [0.25, 0.3) is 5.91 Å². The van der Waals surface area contributed by atoms with Crippen LogP contribution in [0.25, 0.3) is 0 Å². The molecule has 0 saturated heterocycles. The number of carbonyl (C=O) groups excluding carboxylic acids is 1. The van der Waals surface area contributed by atoms with Gasteiger partial charge >= 0.3 is 10.2 Å². The van der Waals surface area contributed by atoms with Gasteiger partial charge in [0.15, 0.2) is 0 Å². The predicted molar refractivity (Wildman–Crippen MR) is 77.1 cm³/mol. The van der Waals surface area contributed by atoms with Crippen molar-refractivity contribution in [3.05, 3.63) is 12.7 Å². The molecule has 2 aliphatic carbocycles. The molecule has 0 aliphatic heterocycles. The van der Waals surface area contributed by atoms with E-state index in [4.69, 9.17) is 0 Å². The summed E-state index contributed by atoms with van der Waals surface area (Å²) >= 11 is 0. The summed E-state index contributed by atoms with van der Waals surface area (Å²) in [6.07, 6.45) is 3.92. The third-order valence-corrected chi connectivity index (χ3v) is 4.53. The maximum Gasteiger partial charge on any atom is 0.301 e. The summed E-state index contributed by atoms with van der Waals surface area (Å²) in [5.41, 5.74) is -1.15. The minimum absolute atomic E-state index is 0.0266. The van der Waals surface area contributed by atoms with E-state index < -0.39 is 21.7 Å². The molecule has 0 heterocycles. The van der Waals surface area contributed by atoms with Gasteiger partial charge in [-0.1, -0.05) is 6.08 Å². The fraction of sp³-hybridized carbons (Fsp3) is 0.769. The van der Waals surface area contributed by atoms with Crippen molar-refractivity contribution < 1.29 is 13.2 Å². The van der Waals surface area contributed by atoms with E-state index in [0.29, 0.717) is 6.42 Å². The highest BCUT2D eigenvalue weighted by Crippen LogP contribution is 2.45. The van der Waals surface area contributed by atoms with Crippen molar-refractivity contribution >= 4 is 16.1 Å². The number of rotatable bonds is 6. The first kappa shape index (κ1) is 15.5. The third kappa shape index (κ3) is 3.59. The second kappa shape index (κ2) is 4.82. The Balaban J connectivity index is 2.06. The Morgan fingerprint density at radius 3 is 2.35 bits per heavy atom. The highest BCUT2D eigenvalue weighted by molar-refractivity contribution is 7.88. The average Bonchev–Trinajstić information content (AvgIpc) is 3.12. The van der Waals surface area contributed by atoms with Crippen molar-refractivity contribution in [3.8, 4) is 0 Å². The summed E-state index contributed by atoms with van der Waals surface area (Å²) in [4.78, 5) is 12.4. The molecule has 0 aromatic carbocycles. The number of hydrogen-bond acceptors (Lipinski definition) is 4. The summed E-state index contributed by atoms with van der Waals surface area (Å²) in [5.74, 6) is -0.552. The first-order valence-electron chi connectivity index (χ1n) is 6.84. The van der Waals surface area contributed by atoms with Crippen LogP contribution in [0, 0.1) is 5.92 Å². The largest absolute Gasteiger partial charge is 0.301 e. The lowest BCUT2D eigenvalue weighted by Gasteiger charge is -2.28. The first-order chi connectivity index (χ1) is 9.08. The average molecular weight is 301 g/mol. The van der Waals surface area contributed by atoms with E-state index in [1.807, 2.05) is 20.8 Å². The quantitative estimate of drug-likeness (QED) is 0.621. The Bertz CT molecular complexity index is 519. The normalized spacial score (nSPS) is 29.9. The van der Waals surface area contributed by atoms with Crippen molar-refractivity contribution in [1.82, 2.24) is 14.8 Å². The van der Waals surface area contributed by atoms with Crippen LogP contribution in [-0.4, -0.2) is 31.4 Å². The maximum atomic E-state index is 12.4. The lowest BCUT2D eigenvalue weighted by Crippen LogP contribution is -2.57. The van der Waals surface area contributed by atoms with Crippen LogP contribution in [0.3, 0.4) is 0 Å². The van der Waals surface area contributed by atoms with E-state index in [-0.39, 0.29) is 17.5 Å². The molecule has 0 spiro atoms. The van der Waals surface area contributed by atoms with Gasteiger partial charge in [0.05, 0.1) is 0 Å². The minimum atomic E-state index is -3.77. The summed E-state index contributed by atoms with van der Waals surface area (Å²) in [6.45, 7) is 9.53. The van der Waals surface area contributed by atoms with Crippen LogP contribution in [0.1, 0.15) is 40.0 Å². The molecule has 0 aromatic heterocycles. The van der Waals surface area contributed by atoms with Crippen LogP contribution < -0.4 is 14.8 Å². The van der Waals surface area contributed by atoms with Gasteiger partial charge < -0.3 is 0 Å². The Kier molecular flexibility index (Phi) is 3.73. The molecule has 0 unspecified atom stereocenters. The standard InChI is InChI=1S/C13H23N3O3S/c1-5-9-8-13(9,16-12(2,3)4)11(17)15-20(18,19)14-10-6-7-10/h5,9-10,14,16H,1,6-8H2,2-4H3,(H,15,17)/t9-,13-/m1/s1. The van der Waals surface area contributed by atoms with E-state index in [9.17, 15) is 13.2 Å². The van der Waals surface area contributed by atoms with E-state index >= 15 is 0 Å². The molecule has 2 rings (SSSR count). The molecule has 114 valence electrons. The van der Waals surface area contributed by atoms with Crippen molar-refractivity contribution in [2.75, 3.05) is 0 Å². The fourth-order valence-corrected chi connectivity index (χ4v) is 3.53. The molecule has 6 nitrogen and oxygen atoms in total. The van der Waals surface area contributed by atoms with Crippen LogP contribution in [0.2, 0.25) is 0 Å². The van der Waals surface area contributed by atoms with Crippen molar-refractivity contribution in [2.24, 2.45) is 5.92 Å². The number of carbonyl (C=O) groups is 1. The Labute approximate surface area is 120 Å². The molecule has 2 fully saturated rings. The molecule has 1 amide bonds. The van der Waals surface area contributed by atoms with Gasteiger partial charge in [-0.3, -0.25) is 10.1 Å². The third-order valence-electron chi connectivity index (χ3n) is 3.43. The fourth-order valence-electron chi connectivity index (χ4n) is 2.37. The summed E-state index contributed by atoms with van der Waals surface area (Å²) in [5, 5.41) is 3.22. The number of nitrogens with one attached hydrogen (secondary N) is 3. The predicted octanol–water partition coefficient (Wildman–Crippen LogP) is 0.432. The van der Waals surface area contributed by atoms with Crippen LogP contribution >= 0.6 is 0 Å². The van der Waals surface area contributed by atoms with Crippen LogP contribution in [-0.2, 0) is 15.0 Å². The van der Waals surface area contributed by atoms with Gasteiger partial charge in [-0.05, 0) is 40.0 Å². The van der Waals surface area contributed by atoms with Gasteiger partial charge in [0.1, 0.15) is 5.54 Å². The lowest BCUT2D eigenvalue weighted by molar-refractivity contribution is -0.123. The molecule has 2 saturated carbocycles. The zero-order valence-corrected chi connectivity index (χ0v) is 13.0. The van der Waals surface area contributed by atoms with Gasteiger partial charge in [-0.25, -0.2) is 4.72 Å². The number of amides is 1. The van der Waals surface area contributed by atoms with Crippen LogP contribution in [0.15, 0.2) is 12.7 Å². The summed E-state index contributed by atoms with van der Waals surface area (Å²) in [6, 6.07) is -0.0266. The summed E-state index contributed by atoms with van der Waals surface area (Å²) < 4.78 is 28.2. The number of hydrogen-bond donors (Lipinski definition) is 3. The molecule has 7 heteroatoms. The first-order valence-corrected chi connectivity index (χ1v) is 8.33. The molecule has 20 heavy (non-hydrogen) atoms. The van der Waals surface area contributed by atoms with Crippen LogP contribution in [0.5, 0.6) is 0 Å². The van der Waals surface area contributed by atoms with E-state index in [1.54, 1.807) is 6.08 Å². The van der Waals surface area contributed by atoms with Gasteiger partial charge in [0.2, 0.25) is 0 Å². The van der Waals surface area contributed by atoms with Crippen molar-refractivity contribution in [2.45, 2.75) is 57.2 Å². The highest BCUT2D eigenvalue weighted by Gasteiger charge is 2.60. The molecular formula is C13H23N3O3S. The Morgan fingerprint density at radius 2 is 1.95 bits per heavy atom. The van der Waals surface area contributed by atoms with Gasteiger partial charge in [-0.2, -0.15) is 13.1 Å². The van der Waals surface area contributed by atoms with E-state index in [1.165, 1.54) is 0 Å². The summed E-state index contributed by atoms with van der Waals surface area (Å²) in [7, 11) is -3.77.